The van der Waals surface area contributed by atoms with Gasteiger partial charge in [-0.05, 0) is 24.6 Å². The van der Waals surface area contributed by atoms with Crippen molar-refractivity contribution in [1.29, 1.82) is 0 Å². The van der Waals surface area contributed by atoms with Gasteiger partial charge in [0, 0.05) is 13.0 Å². The lowest BCUT2D eigenvalue weighted by atomic mass is 10.1. The van der Waals surface area contributed by atoms with Crippen molar-refractivity contribution in [3.63, 3.8) is 0 Å². The molecule has 19 heavy (non-hydrogen) atoms. The Bertz CT molecular complexity index is 537. The normalized spacial score (nSPS) is 11.7. The van der Waals surface area contributed by atoms with Crippen molar-refractivity contribution in [3.05, 3.63) is 54.2 Å². The molecule has 0 saturated heterocycles. The van der Waals surface area contributed by atoms with Crippen LogP contribution in [0.2, 0.25) is 0 Å². The van der Waals surface area contributed by atoms with Crippen LogP contribution in [0.5, 0.6) is 0 Å². The monoisotopic (exact) mass is 255 g/mol. The summed E-state index contributed by atoms with van der Waals surface area (Å²) in [7, 11) is 0. The van der Waals surface area contributed by atoms with Crippen molar-refractivity contribution in [2.75, 3.05) is 10.6 Å². The molecule has 0 bridgehead atoms. The van der Waals surface area contributed by atoms with Crippen LogP contribution in [0.1, 0.15) is 25.5 Å². The first kappa shape index (κ1) is 13.1. The van der Waals surface area contributed by atoms with Crippen LogP contribution >= 0.6 is 0 Å². The maximum absolute atomic E-state index is 10.9. The van der Waals surface area contributed by atoms with Crippen molar-refractivity contribution in [2.24, 2.45) is 0 Å². The highest BCUT2D eigenvalue weighted by Crippen LogP contribution is 2.19. The fourth-order valence-electron chi connectivity index (χ4n) is 1.81. The summed E-state index contributed by atoms with van der Waals surface area (Å²) in [5.41, 5.74) is 2.14. The van der Waals surface area contributed by atoms with E-state index in [4.69, 9.17) is 0 Å². The number of anilines is 2. The largest absolute Gasteiger partial charge is 0.377 e. The van der Waals surface area contributed by atoms with Crippen LogP contribution in [-0.4, -0.2) is 10.9 Å². The molecule has 0 aliphatic carbocycles. The molecule has 2 N–H and O–H groups in total. The van der Waals surface area contributed by atoms with Gasteiger partial charge in [0.1, 0.15) is 5.82 Å². The standard InChI is InChI=1S/C15H17N3O/c1-11(13-6-4-3-5-7-13)17-14-8-9-15(16-10-14)18-12(2)19/h3-11,17H,1-2H3,(H,16,18,19). The summed E-state index contributed by atoms with van der Waals surface area (Å²) in [5, 5.41) is 6.00. The van der Waals surface area contributed by atoms with E-state index in [0.717, 1.165) is 5.69 Å². The van der Waals surface area contributed by atoms with Crippen LogP contribution < -0.4 is 10.6 Å². The van der Waals surface area contributed by atoms with E-state index in [2.05, 4.69) is 34.7 Å². The molecule has 0 aliphatic heterocycles. The Kier molecular flexibility index (Phi) is 4.13. The number of nitrogens with one attached hydrogen (secondary N) is 2. The number of hydrogen-bond acceptors (Lipinski definition) is 3. The summed E-state index contributed by atoms with van der Waals surface area (Å²) in [6.07, 6.45) is 1.71. The van der Waals surface area contributed by atoms with Crippen LogP contribution in [0.4, 0.5) is 11.5 Å². The molecule has 0 aliphatic rings. The number of carbonyl (C=O) groups excluding carboxylic acids is 1. The van der Waals surface area contributed by atoms with Gasteiger partial charge in [-0.15, -0.1) is 0 Å². The maximum Gasteiger partial charge on any atom is 0.222 e. The zero-order valence-electron chi connectivity index (χ0n) is 11.1. The highest BCUT2D eigenvalue weighted by molar-refractivity contribution is 5.87. The molecule has 1 unspecified atom stereocenters. The Morgan fingerprint density at radius 2 is 1.89 bits per heavy atom. The van der Waals surface area contributed by atoms with Crippen LogP contribution in [0.3, 0.4) is 0 Å². The SMILES string of the molecule is CC(=O)Nc1ccc(NC(C)c2ccccc2)cn1. The Morgan fingerprint density at radius 1 is 1.16 bits per heavy atom. The van der Waals surface area contributed by atoms with E-state index in [-0.39, 0.29) is 11.9 Å². The number of amides is 1. The molecule has 1 aromatic heterocycles. The van der Waals surface area contributed by atoms with Crippen LogP contribution in [0.15, 0.2) is 48.7 Å². The quantitative estimate of drug-likeness (QED) is 0.882. The molecule has 4 nitrogen and oxygen atoms in total. The first-order chi connectivity index (χ1) is 9.15. The van der Waals surface area contributed by atoms with E-state index in [9.17, 15) is 4.79 Å². The topological polar surface area (TPSA) is 54.0 Å². The molecule has 0 radical (unpaired) electrons. The fourth-order valence-corrected chi connectivity index (χ4v) is 1.81. The van der Waals surface area contributed by atoms with Crippen LogP contribution in [0.25, 0.3) is 0 Å². The highest BCUT2D eigenvalue weighted by Gasteiger charge is 2.04. The van der Waals surface area contributed by atoms with Gasteiger partial charge in [-0.3, -0.25) is 4.79 Å². The number of pyridine rings is 1. The second kappa shape index (κ2) is 6.00. The molecule has 1 amide bonds. The Hall–Kier alpha value is -2.36. The van der Waals surface area contributed by atoms with E-state index >= 15 is 0 Å². The molecule has 1 heterocycles. The molecule has 98 valence electrons. The molecule has 2 aromatic rings. The summed E-state index contributed by atoms with van der Waals surface area (Å²) in [5.74, 6) is 0.441. The van der Waals surface area contributed by atoms with E-state index < -0.39 is 0 Å². The fraction of sp³-hybridized carbons (Fsp3) is 0.200. The molecule has 1 atom stereocenters. The highest BCUT2D eigenvalue weighted by atomic mass is 16.1. The molecule has 4 heteroatoms. The third-order valence-corrected chi connectivity index (χ3v) is 2.75. The van der Waals surface area contributed by atoms with E-state index in [1.54, 1.807) is 12.3 Å². The van der Waals surface area contributed by atoms with Crippen molar-refractivity contribution < 1.29 is 4.79 Å². The van der Waals surface area contributed by atoms with Gasteiger partial charge in [-0.2, -0.15) is 0 Å². The van der Waals surface area contributed by atoms with Gasteiger partial charge in [-0.25, -0.2) is 4.98 Å². The predicted octanol–water partition coefficient (Wildman–Crippen LogP) is 3.21. The summed E-state index contributed by atoms with van der Waals surface area (Å²) in [6.45, 7) is 3.56. The zero-order chi connectivity index (χ0) is 13.7. The van der Waals surface area contributed by atoms with Gasteiger partial charge in [0.15, 0.2) is 0 Å². The Balaban J connectivity index is 2.01. The number of benzene rings is 1. The number of nitrogens with zero attached hydrogens (tertiary/aromatic N) is 1. The third-order valence-electron chi connectivity index (χ3n) is 2.75. The molecule has 0 saturated carbocycles. The minimum atomic E-state index is -0.120. The zero-order valence-corrected chi connectivity index (χ0v) is 11.1. The molecule has 1 aromatic carbocycles. The molecule has 0 spiro atoms. The van der Waals surface area contributed by atoms with E-state index in [1.807, 2.05) is 24.3 Å². The first-order valence-electron chi connectivity index (χ1n) is 6.20. The maximum atomic E-state index is 10.9. The lowest BCUT2D eigenvalue weighted by Crippen LogP contribution is -2.09. The van der Waals surface area contributed by atoms with Crippen LogP contribution in [0, 0.1) is 0 Å². The van der Waals surface area contributed by atoms with Crippen molar-refractivity contribution in [1.82, 2.24) is 4.98 Å². The smallest absolute Gasteiger partial charge is 0.222 e. The third kappa shape index (κ3) is 3.81. The summed E-state index contributed by atoms with van der Waals surface area (Å²) in [6, 6.07) is 14.1. The average molecular weight is 255 g/mol. The van der Waals surface area contributed by atoms with Gasteiger partial charge >= 0.3 is 0 Å². The summed E-state index contributed by atoms with van der Waals surface area (Å²) >= 11 is 0. The minimum absolute atomic E-state index is 0.120. The van der Waals surface area contributed by atoms with Gasteiger partial charge < -0.3 is 10.6 Å². The Morgan fingerprint density at radius 3 is 2.47 bits per heavy atom. The second-order valence-corrected chi connectivity index (χ2v) is 4.39. The minimum Gasteiger partial charge on any atom is -0.377 e. The van der Waals surface area contributed by atoms with Gasteiger partial charge in [0.2, 0.25) is 5.91 Å². The van der Waals surface area contributed by atoms with Crippen molar-refractivity contribution in [2.45, 2.75) is 19.9 Å². The van der Waals surface area contributed by atoms with Gasteiger partial charge in [0.05, 0.1) is 11.9 Å². The second-order valence-electron chi connectivity index (χ2n) is 4.39. The average Bonchev–Trinajstić information content (AvgIpc) is 2.41. The van der Waals surface area contributed by atoms with Crippen LogP contribution in [-0.2, 0) is 4.79 Å². The van der Waals surface area contributed by atoms with E-state index in [1.165, 1.54) is 12.5 Å². The Labute approximate surface area is 112 Å². The lowest BCUT2D eigenvalue weighted by molar-refractivity contribution is -0.114. The van der Waals surface area contributed by atoms with Gasteiger partial charge in [0.25, 0.3) is 0 Å². The molecule has 0 fully saturated rings. The summed E-state index contributed by atoms with van der Waals surface area (Å²) in [4.78, 5) is 15.1. The number of hydrogen-bond donors (Lipinski definition) is 2. The molecule has 2 rings (SSSR count). The summed E-state index contributed by atoms with van der Waals surface area (Å²) < 4.78 is 0. The molecular weight excluding hydrogens is 238 g/mol. The number of rotatable bonds is 4. The first-order valence-corrected chi connectivity index (χ1v) is 6.20. The van der Waals surface area contributed by atoms with E-state index in [0.29, 0.717) is 5.82 Å². The van der Waals surface area contributed by atoms with Crippen molar-refractivity contribution >= 4 is 17.4 Å². The number of carbonyl (C=O) groups is 1. The predicted molar refractivity (Wildman–Crippen MR) is 77.0 cm³/mol. The van der Waals surface area contributed by atoms with Crippen molar-refractivity contribution in [3.8, 4) is 0 Å². The number of aromatic nitrogens is 1. The lowest BCUT2D eigenvalue weighted by Gasteiger charge is -2.15. The van der Waals surface area contributed by atoms with Gasteiger partial charge in [-0.1, -0.05) is 30.3 Å². The molecular formula is C15H17N3O.